The molecule has 4 N–H and O–H groups in total. The van der Waals surface area contributed by atoms with Gasteiger partial charge in [-0.25, -0.2) is 8.42 Å². The zero-order chi connectivity index (χ0) is 19.6. The number of fused-ring (bicyclic) bond motifs is 1. The second kappa shape index (κ2) is 7.61. The monoisotopic (exact) mass is 399 g/mol. The first kappa shape index (κ1) is 19.2. The van der Waals surface area contributed by atoms with Crippen LogP contribution in [0.5, 0.6) is 0 Å². The van der Waals surface area contributed by atoms with E-state index in [1.54, 1.807) is 0 Å². The van der Waals surface area contributed by atoms with Crippen LogP contribution in [0.2, 0.25) is 0 Å². The van der Waals surface area contributed by atoms with Crippen LogP contribution in [0.3, 0.4) is 0 Å². The molecule has 1 aromatic heterocycles. The van der Waals surface area contributed by atoms with Gasteiger partial charge in [-0.1, -0.05) is 0 Å². The number of hydrogen-bond donors (Lipinski definition) is 4. The van der Waals surface area contributed by atoms with E-state index in [1.807, 2.05) is 6.92 Å². The van der Waals surface area contributed by atoms with Gasteiger partial charge in [-0.3, -0.25) is 9.89 Å². The van der Waals surface area contributed by atoms with Crippen molar-refractivity contribution in [3.8, 4) is 0 Å². The highest BCUT2D eigenvalue weighted by Gasteiger charge is 2.28. The van der Waals surface area contributed by atoms with Gasteiger partial charge in [-0.05, 0) is 25.1 Å². The first-order chi connectivity index (χ1) is 12.8. The summed E-state index contributed by atoms with van der Waals surface area (Å²) in [5.74, 6) is -4.10. The van der Waals surface area contributed by atoms with Crippen molar-refractivity contribution in [1.82, 2.24) is 15.5 Å². The molecule has 0 bridgehead atoms. The molecule has 8 nitrogen and oxygen atoms in total. The molecule has 0 atom stereocenters. The number of aromatic amines is 1. The Morgan fingerprint density at radius 3 is 2.81 bits per heavy atom. The summed E-state index contributed by atoms with van der Waals surface area (Å²) in [6.45, 7) is 3.56. The number of amides is 1. The van der Waals surface area contributed by atoms with Crippen molar-refractivity contribution in [2.24, 2.45) is 0 Å². The molecule has 0 aliphatic carbocycles. The number of H-pyrrole nitrogens is 1. The smallest absolute Gasteiger partial charge is 0.341 e. The fourth-order valence-electron chi connectivity index (χ4n) is 2.85. The summed E-state index contributed by atoms with van der Waals surface area (Å²) in [6.07, 6.45) is 0.709. The molecule has 0 fully saturated rings. The van der Waals surface area contributed by atoms with Crippen molar-refractivity contribution in [3.63, 3.8) is 0 Å². The molecule has 2 aromatic rings. The second-order valence-corrected chi connectivity index (χ2v) is 7.87. The van der Waals surface area contributed by atoms with Crippen molar-refractivity contribution in [2.45, 2.75) is 30.5 Å². The molecule has 0 radical (unpaired) electrons. The van der Waals surface area contributed by atoms with E-state index in [4.69, 9.17) is 0 Å². The molecule has 0 saturated carbocycles. The Morgan fingerprint density at radius 1 is 1.33 bits per heavy atom. The number of carbonyl (C=O) groups excluding carboxylic acids is 1. The maximum atomic E-state index is 12.8. The van der Waals surface area contributed by atoms with Crippen LogP contribution in [0.4, 0.5) is 20.2 Å². The van der Waals surface area contributed by atoms with Crippen LogP contribution in [0.25, 0.3) is 0 Å². The van der Waals surface area contributed by atoms with E-state index in [1.165, 1.54) is 6.07 Å². The highest BCUT2D eigenvalue weighted by Crippen LogP contribution is 2.29. The highest BCUT2D eigenvalue weighted by atomic mass is 32.2. The summed E-state index contributed by atoms with van der Waals surface area (Å²) in [5.41, 5.74) is 2.28. The number of aromatic nitrogens is 2. The SMILES string of the molecule is CCNc1ccc(S(=O)(=O)C(F)F)cc1NC(=O)c1n[nH]c2c1CNCC2. The van der Waals surface area contributed by atoms with E-state index in [0.29, 0.717) is 25.2 Å². The molecule has 1 amide bonds. The molecule has 3 rings (SSSR count). The molecule has 0 spiro atoms. The van der Waals surface area contributed by atoms with Gasteiger partial charge >= 0.3 is 5.76 Å². The first-order valence-corrected chi connectivity index (χ1v) is 9.87. The third-order valence-electron chi connectivity index (χ3n) is 4.19. The van der Waals surface area contributed by atoms with Crippen LogP contribution in [0.15, 0.2) is 23.1 Å². The van der Waals surface area contributed by atoms with Crippen molar-refractivity contribution >= 4 is 27.1 Å². The van der Waals surface area contributed by atoms with Gasteiger partial charge in [0.15, 0.2) is 5.69 Å². The lowest BCUT2D eigenvalue weighted by Crippen LogP contribution is -2.25. The molecular formula is C16H19F2N5O3S. The summed E-state index contributed by atoms with van der Waals surface area (Å²) in [5, 5.41) is 15.5. The fraction of sp³-hybridized carbons (Fsp3) is 0.375. The fourth-order valence-corrected chi connectivity index (χ4v) is 3.59. The summed E-state index contributed by atoms with van der Waals surface area (Å²) < 4.78 is 49.2. The second-order valence-electron chi connectivity index (χ2n) is 5.95. The van der Waals surface area contributed by atoms with Crippen LogP contribution in [-0.4, -0.2) is 43.4 Å². The molecule has 0 saturated heterocycles. The number of alkyl halides is 2. The van der Waals surface area contributed by atoms with Crippen LogP contribution in [0, 0.1) is 0 Å². The van der Waals surface area contributed by atoms with E-state index in [-0.39, 0.29) is 11.4 Å². The normalized spacial score (nSPS) is 14.1. The third kappa shape index (κ3) is 3.78. The molecule has 1 aromatic carbocycles. The number of hydrogen-bond acceptors (Lipinski definition) is 6. The molecular weight excluding hydrogens is 380 g/mol. The van der Waals surface area contributed by atoms with Gasteiger partial charge < -0.3 is 16.0 Å². The minimum atomic E-state index is -4.78. The largest absolute Gasteiger partial charge is 0.384 e. The van der Waals surface area contributed by atoms with Gasteiger partial charge in [-0.2, -0.15) is 13.9 Å². The van der Waals surface area contributed by atoms with Crippen molar-refractivity contribution < 1.29 is 22.0 Å². The quantitative estimate of drug-likeness (QED) is 0.588. The average Bonchev–Trinajstić information content (AvgIpc) is 3.07. The Labute approximate surface area is 154 Å². The minimum absolute atomic E-state index is 0.0871. The lowest BCUT2D eigenvalue weighted by Gasteiger charge is -2.15. The first-order valence-electron chi connectivity index (χ1n) is 8.32. The molecule has 27 heavy (non-hydrogen) atoms. The van der Waals surface area contributed by atoms with E-state index in [0.717, 1.165) is 29.9 Å². The van der Waals surface area contributed by atoms with Gasteiger partial charge in [0, 0.05) is 37.3 Å². The lowest BCUT2D eigenvalue weighted by molar-refractivity contribution is 0.102. The lowest BCUT2D eigenvalue weighted by atomic mass is 10.1. The number of nitrogens with one attached hydrogen (secondary N) is 4. The zero-order valence-corrected chi connectivity index (χ0v) is 15.3. The molecule has 2 heterocycles. The Morgan fingerprint density at radius 2 is 2.11 bits per heavy atom. The summed E-state index contributed by atoms with van der Waals surface area (Å²) >= 11 is 0. The Kier molecular flexibility index (Phi) is 5.42. The summed E-state index contributed by atoms with van der Waals surface area (Å²) in [6, 6.07) is 3.44. The standard InChI is InChI=1S/C16H19F2N5O3S/c1-2-20-12-4-3-9(27(25,26)16(17)18)7-13(12)21-15(24)14-10-8-19-6-5-11(10)22-23-14/h3-4,7,16,19-20H,2,5-6,8H2,1H3,(H,21,24)(H,22,23). The number of nitrogens with zero attached hydrogens (tertiary/aromatic N) is 1. The number of benzene rings is 1. The maximum Gasteiger partial charge on any atom is 0.341 e. The Balaban J connectivity index is 1.94. The maximum absolute atomic E-state index is 12.8. The number of anilines is 2. The van der Waals surface area contributed by atoms with Crippen molar-refractivity contribution in [1.29, 1.82) is 0 Å². The van der Waals surface area contributed by atoms with E-state index in [2.05, 4.69) is 26.1 Å². The molecule has 0 unspecified atom stereocenters. The van der Waals surface area contributed by atoms with Crippen LogP contribution in [-0.2, 0) is 22.8 Å². The predicted molar refractivity (Wildman–Crippen MR) is 95.7 cm³/mol. The Bertz CT molecular complexity index is 959. The van der Waals surface area contributed by atoms with E-state index in [9.17, 15) is 22.0 Å². The van der Waals surface area contributed by atoms with Gasteiger partial charge in [0.05, 0.1) is 16.3 Å². The van der Waals surface area contributed by atoms with Gasteiger partial charge in [0.2, 0.25) is 9.84 Å². The van der Waals surface area contributed by atoms with Crippen LogP contribution >= 0.6 is 0 Å². The molecule has 1 aliphatic heterocycles. The number of sulfone groups is 1. The number of halogens is 2. The number of carbonyl (C=O) groups is 1. The summed E-state index contributed by atoms with van der Waals surface area (Å²) in [7, 11) is -4.78. The van der Waals surface area contributed by atoms with E-state index >= 15 is 0 Å². The number of rotatable bonds is 6. The molecule has 146 valence electrons. The summed E-state index contributed by atoms with van der Waals surface area (Å²) in [4.78, 5) is 12.1. The third-order valence-corrected chi connectivity index (χ3v) is 5.57. The zero-order valence-electron chi connectivity index (χ0n) is 14.5. The molecule has 1 aliphatic rings. The van der Waals surface area contributed by atoms with Gasteiger partial charge in [0.1, 0.15) is 0 Å². The molecule has 11 heteroatoms. The minimum Gasteiger partial charge on any atom is -0.384 e. The van der Waals surface area contributed by atoms with Gasteiger partial charge in [0.25, 0.3) is 5.91 Å². The van der Waals surface area contributed by atoms with Gasteiger partial charge in [-0.15, -0.1) is 0 Å². The highest BCUT2D eigenvalue weighted by molar-refractivity contribution is 7.91. The van der Waals surface area contributed by atoms with Crippen molar-refractivity contribution in [3.05, 3.63) is 35.2 Å². The van der Waals surface area contributed by atoms with Crippen LogP contribution in [0.1, 0.15) is 28.7 Å². The average molecular weight is 399 g/mol. The van der Waals surface area contributed by atoms with Crippen molar-refractivity contribution in [2.75, 3.05) is 23.7 Å². The predicted octanol–water partition coefficient (Wildman–Crippen LogP) is 1.74. The van der Waals surface area contributed by atoms with E-state index < -0.39 is 26.4 Å². The van der Waals surface area contributed by atoms with Crippen LogP contribution < -0.4 is 16.0 Å². The topological polar surface area (TPSA) is 116 Å². The Hall–Kier alpha value is -2.53.